The molecule has 0 unspecified atom stereocenters. The molecule has 4 nitrogen and oxygen atoms in total. The van der Waals surface area contributed by atoms with Crippen molar-refractivity contribution in [2.45, 2.75) is 13.1 Å². The molecule has 50 valence electrons. The molecular weight excluding hydrogens is 104 g/mol. The van der Waals surface area contributed by atoms with Crippen molar-refractivity contribution >= 4 is 0 Å². The van der Waals surface area contributed by atoms with Crippen LogP contribution in [0.3, 0.4) is 0 Å². The number of hydrogen-bond donors (Lipinski definition) is 3. The molecular formula is C4H14N4. The molecule has 0 saturated heterocycles. The maximum absolute atomic E-state index is 5.35. The van der Waals surface area contributed by atoms with E-state index in [0.717, 1.165) is 6.54 Å². The topological polar surface area (TPSA) is 81.3 Å². The third-order valence-electron chi connectivity index (χ3n) is 0.852. The summed E-state index contributed by atoms with van der Waals surface area (Å²) in [4.78, 5) is 0. The lowest BCUT2D eigenvalue weighted by Gasteiger charge is -2.14. The van der Waals surface area contributed by atoms with Crippen LogP contribution in [0.25, 0.3) is 0 Å². The summed E-state index contributed by atoms with van der Waals surface area (Å²) in [5, 5.41) is 1.57. The van der Waals surface area contributed by atoms with Gasteiger partial charge in [0.05, 0.1) is 6.17 Å². The fourth-order valence-corrected chi connectivity index (χ4v) is 0.400. The molecule has 0 aliphatic heterocycles. The number of likely N-dealkylation sites (N-methyl/N-ethyl adjacent to an activating group) is 1. The van der Waals surface area contributed by atoms with Crippen LogP contribution in [0.15, 0.2) is 0 Å². The Morgan fingerprint density at radius 3 is 2.12 bits per heavy atom. The number of hydrazine groups is 1. The van der Waals surface area contributed by atoms with Gasteiger partial charge in [-0.05, 0) is 0 Å². The molecule has 0 aliphatic rings. The van der Waals surface area contributed by atoms with E-state index < -0.39 is 0 Å². The van der Waals surface area contributed by atoms with Gasteiger partial charge in [-0.2, -0.15) is 0 Å². The molecule has 0 radical (unpaired) electrons. The second-order valence-electron chi connectivity index (χ2n) is 1.75. The molecule has 8 heavy (non-hydrogen) atoms. The van der Waals surface area contributed by atoms with E-state index in [9.17, 15) is 0 Å². The molecule has 0 atom stereocenters. The largest absolute Gasteiger partial charge is 0.315 e. The summed E-state index contributed by atoms with van der Waals surface area (Å²) in [5.74, 6) is 5.35. The number of nitrogens with zero attached hydrogens (tertiary/aromatic N) is 1. The minimum Gasteiger partial charge on any atom is -0.315 e. The van der Waals surface area contributed by atoms with Crippen LogP contribution in [-0.4, -0.2) is 24.3 Å². The highest BCUT2D eigenvalue weighted by Gasteiger charge is 1.96. The summed E-state index contributed by atoms with van der Waals surface area (Å²) in [6.07, 6.45) is -0.319. The Morgan fingerprint density at radius 1 is 1.50 bits per heavy atom. The monoisotopic (exact) mass is 118 g/mol. The molecule has 0 amide bonds. The molecule has 0 heterocycles. The van der Waals surface area contributed by atoms with Crippen molar-refractivity contribution in [3.05, 3.63) is 0 Å². The zero-order chi connectivity index (χ0) is 6.57. The number of rotatable bonds is 3. The summed E-state index contributed by atoms with van der Waals surface area (Å²) in [6.45, 7) is 3.28. The Balaban J connectivity index is 3.10. The Kier molecular flexibility index (Phi) is 3.72. The molecule has 0 rings (SSSR count). The molecule has 0 aromatic heterocycles. The van der Waals surface area contributed by atoms with Gasteiger partial charge in [-0.15, -0.1) is 0 Å². The van der Waals surface area contributed by atoms with E-state index in [1.165, 1.54) is 0 Å². The molecule has 0 fully saturated rings. The Labute approximate surface area is 49.6 Å². The van der Waals surface area contributed by atoms with Gasteiger partial charge in [0, 0.05) is 13.1 Å². The van der Waals surface area contributed by atoms with Crippen molar-refractivity contribution in [2.24, 2.45) is 17.3 Å². The van der Waals surface area contributed by atoms with Gasteiger partial charge in [0.1, 0.15) is 0 Å². The van der Waals surface area contributed by atoms with Crippen LogP contribution in [-0.2, 0) is 0 Å². The first-order valence-corrected chi connectivity index (χ1v) is 2.67. The van der Waals surface area contributed by atoms with E-state index in [-0.39, 0.29) is 6.17 Å². The van der Waals surface area contributed by atoms with Crippen LogP contribution in [0.4, 0.5) is 0 Å². The summed E-state index contributed by atoms with van der Waals surface area (Å²) in [7, 11) is 0. The molecule has 0 aromatic carbocycles. The molecule has 0 spiro atoms. The van der Waals surface area contributed by atoms with E-state index in [2.05, 4.69) is 0 Å². The zero-order valence-corrected chi connectivity index (χ0v) is 5.17. The second-order valence-corrected chi connectivity index (χ2v) is 1.75. The summed E-state index contributed by atoms with van der Waals surface area (Å²) < 4.78 is 0. The molecule has 0 aliphatic carbocycles. The van der Waals surface area contributed by atoms with Gasteiger partial charge < -0.3 is 11.5 Å². The van der Waals surface area contributed by atoms with E-state index in [4.69, 9.17) is 17.3 Å². The first-order valence-electron chi connectivity index (χ1n) is 2.67. The van der Waals surface area contributed by atoms with Crippen LogP contribution >= 0.6 is 0 Å². The maximum Gasteiger partial charge on any atom is 0.0666 e. The van der Waals surface area contributed by atoms with Gasteiger partial charge in [-0.3, -0.25) is 5.84 Å². The lowest BCUT2D eigenvalue weighted by atomic mass is 10.5. The second kappa shape index (κ2) is 3.80. The van der Waals surface area contributed by atoms with E-state index in [0.29, 0.717) is 6.54 Å². The Hall–Kier alpha value is -0.160. The fraction of sp³-hybridized carbons (Fsp3) is 1.00. The SMILES string of the molecule is CCN(N)CC(N)N. The van der Waals surface area contributed by atoms with Crippen molar-refractivity contribution in [3.8, 4) is 0 Å². The summed E-state index contributed by atoms with van der Waals surface area (Å²) in [6, 6.07) is 0. The molecule has 0 aromatic rings. The van der Waals surface area contributed by atoms with E-state index in [1.54, 1.807) is 5.01 Å². The van der Waals surface area contributed by atoms with Crippen molar-refractivity contribution in [1.82, 2.24) is 5.01 Å². The van der Waals surface area contributed by atoms with Crippen molar-refractivity contribution in [1.29, 1.82) is 0 Å². The van der Waals surface area contributed by atoms with Crippen LogP contribution in [0.2, 0.25) is 0 Å². The van der Waals surface area contributed by atoms with E-state index >= 15 is 0 Å². The first-order chi connectivity index (χ1) is 3.66. The maximum atomic E-state index is 5.35. The smallest absolute Gasteiger partial charge is 0.0666 e. The number of hydrogen-bond acceptors (Lipinski definition) is 4. The highest BCUT2D eigenvalue weighted by Crippen LogP contribution is 1.73. The Bertz CT molecular complexity index is 54.0. The van der Waals surface area contributed by atoms with Crippen LogP contribution in [0.1, 0.15) is 6.92 Å². The lowest BCUT2D eigenvalue weighted by molar-refractivity contribution is 0.280. The van der Waals surface area contributed by atoms with Crippen molar-refractivity contribution in [3.63, 3.8) is 0 Å². The quantitative estimate of drug-likeness (QED) is 0.237. The minimum absolute atomic E-state index is 0.319. The molecule has 0 bridgehead atoms. The van der Waals surface area contributed by atoms with E-state index in [1.807, 2.05) is 6.92 Å². The summed E-state index contributed by atoms with van der Waals surface area (Å²) in [5.41, 5.74) is 10.4. The lowest BCUT2D eigenvalue weighted by Crippen LogP contribution is -2.46. The normalized spacial score (nSPS) is 11.2. The highest BCUT2D eigenvalue weighted by atomic mass is 15.4. The third-order valence-corrected chi connectivity index (χ3v) is 0.852. The fourth-order valence-electron chi connectivity index (χ4n) is 0.400. The third kappa shape index (κ3) is 4.01. The Morgan fingerprint density at radius 2 is 2.00 bits per heavy atom. The highest BCUT2D eigenvalue weighted by molar-refractivity contribution is 4.53. The van der Waals surface area contributed by atoms with Crippen LogP contribution in [0, 0.1) is 0 Å². The van der Waals surface area contributed by atoms with Crippen molar-refractivity contribution in [2.75, 3.05) is 13.1 Å². The van der Waals surface area contributed by atoms with Gasteiger partial charge in [0.15, 0.2) is 0 Å². The van der Waals surface area contributed by atoms with Crippen LogP contribution in [0.5, 0.6) is 0 Å². The zero-order valence-electron chi connectivity index (χ0n) is 5.17. The van der Waals surface area contributed by atoms with Gasteiger partial charge in [-0.1, -0.05) is 6.92 Å². The number of nitrogens with two attached hydrogens (primary N) is 3. The van der Waals surface area contributed by atoms with Crippen molar-refractivity contribution < 1.29 is 0 Å². The molecule has 4 heteroatoms. The van der Waals surface area contributed by atoms with Gasteiger partial charge in [0.25, 0.3) is 0 Å². The standard InChI is InChI=1S/C4H14N4/c1-2-8(7)3-4(5)6/h4H,2-3,5-7H2,1H3. The molecule has 0 saturated carbocycles. The van der Waals surface area contributed by atoms with Gasteiger partial charge >= 0.3 is 0 Å². The predicted octanol–water partition coefficient (Wildman–Crippen LogP) is -1.57. The molecule has 6 N–H and O–H groups in total. The average Bonchev–Trinajstić information content (AvgIpc) is 1.65. The van der Waals surface area contributed by atoms with Crippen LogP contribution < -0.4 is 17.3 Å². The summed E-state index contributed by atoms with van der Waals surface area (Å²) >= 11 is 0. The van der Waals surface area contributed by atoms with Gasteiger partial charge in [0.2, 0.25) is 0 Å². The van der Waals surface area contributed by atoms with Gasteiger partial charge in [-0.25, -0.2) is 5.01 Å². The average molecular weight is 118 g/mol. The predicted molar refractivity (Wildman–Crippen MR) is 33.6 cm³/mol. The first kappa shape index (κ1) is 7.84. The minimum atomic E-state index is -0.319.